The molecule has 0 atom stereocenters. The molecule has 0 saturated carbocycles. The average molecular weight is 382 g/mol. The Kier molecular flexibility index (Phi) is 3.84. The van der Waals surface area contributed by atoms with Crippen molar-refractivity contribution < 1.29 is 0 Å². The predicted octanol–water partition coefficient (Wildman–Crippen LogP) is 5.66. The van der Waals surface area contributed by atoms with E-state index in [4.69, 9.17) is 12.2 Å². The zero-order valence-electron chi connectivity index (χ0n) is 15.6. The lowest BCUT2D eigenvalue weighted by molar-refractivity contribution is 0.868. The third-order valence-electron chi connectivity index (χ3n) is 5.22. The molecular weight excluding hydrogens is 364 g/mol. The van der Waals surface area contributed by atoms with Crippen LogP contribution in [0.3, 0.4) is 0 Å². The van der Waals surface area contributed by atoms with Crippen molar-refractivity contribution in [3.8, 4) is 22.8 Å². The monoisotopic (exact) mass is 382 g/mol. The number of fused-ring (bicyclic) bond motifs is 2. The Labute approximate surface area is 168 Å². The van der Waals surface area contributed by atoms with E-state index in [1.54, 1.807) is 4.68 Å². The van der Waals surface area contributed by atoms with Crippen molar-refractivity contribution in [2.75, 3.05) is 0 Å². The molecule has 2 aliphatic heterocycles. The van der Waals surface area contributed by atoms with Crippen LogP contribution in [0, 0.1) is 18.5 Å². The molecular formula is C23H18N4S. The standard InChI is InChI=1S/C23H18N4S/c1-15-19-13-20-22(25-27(23(20)28)18-11-7-4-8-12-18)24-14-21(19)16(2)26(15)17-9-5-3-6-10-17/h3-14H,1-2H3. The van der Waals surface area contributed by atoms with Crippen LogP contribution in [0.2, 0.25) is 0 Å². The van der Waals surface area contributed by atoms with Gasteiger partial charge in [-0.1, -0.05) is 48.6 Å². The van der Waals surface area contributed by atoms with Gasteiger partial charge in [-0.3, -0.25) is 0 Å². The van der Waals surface area contributed by atoms with Gasteiger partial charge >= 0.3 is 0 Å². The number of aromatic nitrogens is 4. The molecule has 0 bridgehead atoms. The molecule has 0 saturated heterocycles. The Balaban J connectivity index is 1.81. The molecule has 28 heavy (non-hydrogen) atoms. The van der Waals surface area contributed by atoms with Crippen molar-refractivity contribution in [1.82, 2.24) is 19.3 Å². The van der Waals surface area contributed by atoms with Crippen LogP contribution in [0.5, 0.6) is 0 Å². The zero-order chi connectivity index (χ0) is 19.3. The van der Waals surface area contributed by atoms with Gasteiger partial charge in [-0.25, -0.2) is 9.67 Å². The average Bonchev–Trinajstić information content (AvgIpc) is 3.06. The van der Waals surface area contributed by atoms with Gasteiger partial charge in [0.25, 0.3) is 0 Å². The van der Waals surface area contributed by atoms with Gasteiger partial charge in [0, 0.05) is 34.0 Å². The molecule has 0 unspecified atom stereocenters. The number of hydrogen-bond acceptors (Lipinski definition) is 3. The minimum atomic E-state index is 0.662. The fourth-order valence-corrected chi connectivity index (χ4v) is 4.13. The van der Waals surface area contributed by atoms with Gasteiger partial charge in [0.1, 0.15) is 4.64 Å². The van der Waals surface area contributed by atoms with Gasteiger partial charge < -0.3 is 4.57 Å². The summed E-state index contributed by atoms with van der Waals surface area (Å²) in [6, 6.07) is 22.5. The van der Waals surface area contributed by atoms with E-state index in [9.17, 15) is 0 Å². The van der Waals surface area contributed by atoms with E-state index in [0.717, 1.165) is 33.4 Å². The van der Waals surface area contributed by atoms with Crippen LogP contribution in [-0.4, -0.2) is 19.3 Å². The molecule has 1 aromatic heterocycles. The van der Waals surface area contributed by atoms with Crippen LogP contribution >= 0.6 is 12.2 Å². The fraction of sp³-hybridized carbons (Fsp3) is 0.0870. The van der Waals surface area contributed by atoms with E-state index >= 15 is 0 Å². The summed E-state index contributed by atoms with van der Waals surface area (Å²) >= 11 is 5.75. The zero-order valence-corrected chi connectivity index (χ0v) is 16.4. The smallest absolute Gasteiger partial charge is 0.183 e. The molecule has 0 spiro atoms. The van der Waals surface area contributed by atoms with Crippen LogP contribution in [0.4, 0.5) is 0 Å². The van der Waals surface area contributed by atoms with Crippen molar-refractivity contribution in [1.29, 1.82) is 0 Å². The van der Waals surface area contributed by atoms with Gasteiger partial charge in [0.15, 0.2) is 5.82 Å². The Morgan fingerprint density at radius 2 is 1.39 bits per heavy atom. The van der Waals surface area contributed by atoms with E-state index < -0.39 is 0 Å². The maximum absolute atomic E-state index is 5.75. The summed E-state index contributed by atoms with van der Waals surface area (Å²) in [5.41, 5.74) is 5.30. The number of para-hydroxylation sites is 2. The fourth-order valence-electron chi connectivity index (χ4n) is 3.83. The van der Waals surface area contributed by atoms with Crippen LogP contribution in [0.15, 0.2) is 72.9 Å². The summed E-state index contributed by atoms with van der Waals surface area (Å²) in [5, 5.41) is 6.91. The number of nitrogens with zero attached hydrogens (tertiary/aromatic N) is 4. The molecule has 0 amide bonds. The Bertz CT molecular complexity index is 1330. The van der Waals surface area contributed by atoms with Crippen molar-refractivity contribution in [2.24, 2.45) is 0 Å². The third kappa shape index (κ3) is 2.47. The molecule has 0 radical (unpaired) electrons. The van der Waals surface area contributed by atoms with Crippen molar-refractivity contribution in [3.63, 3.8) is 0 Å². The lowest BCUT2D eigenvalue weighted by Crippen LogP contribution is -1.98. The van der Waals surface area contributed by atoms with Gasteiger partial charge in [-0.2, -0.15) is 0 Å². The molecule has 0 fully saturated rings. The number of rotatable bonds is 2. The molecule has 136 valence electrons. The second-order valence-electron chi connectivity index (χ2n) is 6.86. The summed E-state index contributed by atoms with van der Waals surface area (Å²) < 4.78 is 4.73. The van der Waals surface area contributed by atoms with Crippen LogP contribution in [0.1, 0.15) is 11.4 Å². The van der Waals surface area contributed by atoms with E-state index in [-0.39, 0.29) is 0 Å². The molecule has 3 heterocycles. The maximum atomic E-state index is 5.75. The van der Waals surface area contributed by atoms with Crippen molar-refractivity contribution in [3.05, 3.63) is 89.0 Å². The molecule has 3 aromatic rings. The molecule has 2 aliphatic rings. The summed E-state index contributed by atoms with van der Waals surface area (Å²) in [5.74, 6) is 0.662. The summed E-state index contributed by atoms with van der Waals surface area (Å²) in [7, 11) is 0. The molecule has 4 nitrogen and oxygen atoms in total. The highest BCUT2D eigenvalue weighted by Gasteiger charge is 2.18. The largest absolute Gasteiger partial charge is 0.317 e. The number of aryl methyl sites for hydroxylation is 2. The summed E-state index contributed by atoms with van der Waals surface area (Å²) in [6.07, 6.45) is 1.91. The summed E-state index contributed by atoms with van der Waals surface area (Å²) in [6.45, 7) is 4.26. The van der Waals surface area contributed by atoms with Crippen LogP contribution in [-0.2, 0) is 0 Å². The topological polar surface area (TPSA) is 35.6 Å². The lowest BCUT2D eigenvalue weighted by Gasteiger charge is -2.08. The van der Waals surface area contributed by atoms with Crippen molar-refractivity contribution >= 4 is 23.0 Å². The Hall–Kier alpha value is -3.31. The van der Waals surface area contributed by atoms with E-state index in [1.165, 1.54) is 5.69 Å². The number of benzene rings is 2. The summed E-state index contributed by atoms with van der Waals surface area (Å²) in [4.78, 5) is 4.68. The van der Waals surface area contributed by atoms with Gasteiger partial charge in [0.05, 0.1) is 11.3 Å². The minimum absolute atomic E-state index is 0.662. The highest BCUT2D eigenvalue weighted by atomic mass is 32.1. The maximum Gasteiger partial charge on any atom is 0.183 e. The van der Waals surface area contributed by atoms with Gasteiger partial charge in [-0.15, -0.1) is 5.10 Å². The Morgan fingerprint density at radius 1 is 0.786 bits per heavy atom. The normalized spacial score (nSPS) is 11.4. The molecule has 5 heteroatoms. The minimum Gasteiger partial charge on any atom is -0.317 e. The van der Waals surface area contributed by atoms with E-state index in [0.29, 0.717) is 10.5 Å². The third-order valence-corrected chi connectivity index (χ3v) is 5.61. The van der Waals surface area contributed by atoms with Gasteiger partial charge in [0.2, 0.25) is 0 Å². The first-order valence-electron chi connectivity index (χ1n) is 9.16. The van der Waals surface area contributed by atoms with E-state index in [1.807, 2.05) is 42.6 Å². The number of hydrogen-bond donors (Lipinski definition) is 0. The highest BCUT2D eigenvalue weighted by Crippen LogP contribution is 2.32. The van der Waals surface area contributed by atoms with Crippen molar-refractivity contribution in [2.45, 2.75) is 13.8 Å². The van der Waals surface area contributed by atoms with Crippen LogP contribution in [0.25, 0.3) is 33.5 Å². The molecule has 2 aromatic carbocycles. The first-order chi connectivity index (χ1) is 13.6. The first-order valence-corrected chi connectivity index (χ1v) is 9.57. The second-order valence-corrected chi connectivity index (χ2v) is 7.25. The molecule has 0 aliphatic carbocycles. The van der Waals surface area contributed by atoms with Crippen LogP contribution < -0.4 is 0 Å². The second kappa shape index (κ2) is 6.39. The lowest BCUT2D eigenvalue weighted by atomic mass is 10.2. The predicted molar refractivity (Wildman–Crippen MR) is 115 cm³/mol. The highest BCUT2D eigenvalue weighted by molar-refractivity contribution is 7.71. The Morgan fingerprint density at radius 3 is 2.07 bits per heavy atom. The SMILES string of the molecule is Cc1c2cnc3nn(-c4ccccc4)c(=S)c-3cc2c(C)n1-c1ccccc1. The quantitative estimate of drug-likeness (QED) is 0.369. The van der Waals surface area contributed by atoms with E-state index in [2.05, 4.69) is 58.8 Å². The molecule has 5 rings (SSSR count). The molecule has 0 N–H and O–H groups in total. The van der Waals surface area contributed by atoms with Gasteiger partial charge in [-0.05, 0) is 44.2 Å². The first kappa shape index (κ1) is 16.8.